The first kappa shape index (κ1) is 18.3. The van der Waals surface area contributed by atoms with Gasteiger partial charge in [0.05, 0.1) is 12.2 Å². The number of fused-ring (bicyclic) bond motifs is 1. The second-order valence-electron chi connectivity index (χ2n) is 6.32. The van der Waals surface area contributed by atoms with Gasteiger partial charge >= 0.3 is 0 Å². The van der Waals surface area contributed by atoms with E-state index < -0.39 is 0 Å². The van der Waals surface area contributed by atoms with E-state index in [-0.39, 0.29) is 18.2 Å². The molecule has 0 saturated heterocycles. The minimum absolute atomic E-state index is 0. The highest BCUT2D eigenvalue weighted by molar-refractivity contribution is 5.85. The van der Waals surface area contributed by atoms with Crippen molar-refractivity contribution in [3.63, 3.8) is 0 Å². The Kier molecular flexibility index (Phi) is 4.93. The monoisotopic (exact) mass is 401 g/mol. The molecule has 1 aromatic carbocycles. The maximum absolute atomic E-state index is 13.1. The van der Waals surface area contributed by atoms with Crippen LogP contribution < -0.4 is 5.32 Å². The third kappa shape index (κ3) is 3.41. The molecule has 8 nitrogen and oxygen atoms in total. The summed E-state index contributed by atoms with van der Waals surface area (Å²) in [5, 5.41) is 12.0. The molecule has 1 aliphatic rings. The first-order chi connectivity index (χ1) is 13.3. The molecule has 0 aliphatic carbocycles. The van der Waals surface area contributed by atoms with E-state index in [0.717, 1.165) is 36.8 Å². The SMILES string of the molecule is Cl.Fc1ccc(-c2noc(Cn3ccnc3-c3cc4n(n3)CCNC4)n2)cc1. The standard InChI is InChI=1S/C18H16FN7O.ClH/c19-13-3-1-12(2-4-13)17-22-16(27-24-17)11-25-7-6-21-18(25)15-9-14-10-20-5-8-26(14)23-15;/h1-4,6-7,9,20H,5,8,10-11H2;1H. The van der Waals surface area contributed by atoms with Gasteiger partial charge in [0.2, 0.25) is 11.7 Å². The molecule has 0 radical (unpaired) electrons. The maximum Gasteiger partial charge on any atom is 0.246 e. The molecule has 4 heterocycles. The molecule has 144 valence electrons. The van der Waals surface area contributed by atoms with E-state index in [1.54, 1.807) is 18.3 Å². The van der Waals surface area contributed by atoms with Crippen molar-refractivity contribution in [3.8, 4) is 22.9 Å². The molecule has 0 amide bonds. The van der Waals surface area contributed by atoms with Crippen LogP contribution in [0.25, 0.3) is 22.9 Å². The lowest BCUT2D eigenvalue weighted by molar-refractivity contribution is 0.372. The van der Waals surface area contributed by atoms with Crippen LogP contribution in [0.4, 0.5) is 4.39 Å². The van der Waals surface area contributed by atoms with Gasteiger partial charge in [-0.3, -0.25) is 4.68 Å². The van der Waals surface area contributed by atoms with Crippen molar-refractivity contribution in [1.82, 2.24) is 34.8 Å². The summed E-state index contributed by atoms with van der Waals surface area (Å²) in [6.45, 7) is 2.94. The van der Waals surface area contributed by atoms with Crippen LogP contribution in [0.3, 0.4) is 0 Å². The third-order valence-corrected chi connectivity index (χ3v) is 4.49. The molecule has 10 heteroatoms. The second-order valence-corrected chi connectivity index (χ2v) is 6.32. The quantitative estimate of drug-likeness (QED) is 0.565. The van der Waals surface area contributed by atoms with E-state index in [0.29, 0.717) is 23.8 Å². The second kappa shape index (κ2) is 7.53. The number of nitrogens with one attached hydrogen (secondary N) is 1. The van der Waals surface area contributed by atoms with Gasteiger partial charge in [0, 0.05) is 31.0 Å². The van der Waals surface area contributed by atoms with Gasteiger partial charge in [0.25, 0.3) is 0 Å². The van der Waals surface area contributed by atoms with Gasteiger partial charge in [0.15, 0.2) is 5.82 Å². The number of hydrogen-bond acceptors (Lipinski definition) is 6. The van der Waals surface area contributed by atoms with E-state index in [1.165, 1.54) is 12.1 Å². The smallest absolute Gasteiger partial charge is 0.246 e. The Morgan fingerprint density at radius 2 is 2.07 bits per heavy atom. The Morgan fingerprint density at radius 3 is 2.89 bits per heavy atom. The van der Waals surface area contributed by atoms with Crippen LogP contribution in [0.15, 0.2) is 47.2 Å². The van der Waals surface area contributed by atoms with Crippen molar-refractivity contribution in [3.05, 3.63) is 60.1 Å². The average Bonchev–Trinajstić information content (AvgIpc) is 3.41. The zero-order valence-corrected chi connectivity index (χ0v) is 15.6. The molecule has 0 fully saturated rings. The third-order valence-electron chi connectivity index (χ3n) is 4.49. The van der Waals surface area contributed by atoms with Crippen LogP contribution in [-0.2, 0) is 19.6 Å². The van der Waals surface area contributed by atoms with E-state index in [9.17, 15) is 4.39 Å². The van der Waals surface area contributed by atoms with Crippen LogP contribution >= 0.6 is 12.4 Å². The number of benzene rings is 1. The minimum Gasteiger partial charge on any atom is -0.337 e. The molecule has 3 aromatic heterocycles. The van der Waals surface area contributed by atoms with Crippen LogP contribution in [0.2, 0.25) is 0 Å². The van der Waals surface area contributed by atoms with Crippen molar-refractivity contribution in [2.24, 2.45) is 0 Å². The van der Waals surface area contributed by atoms with Crippen LogP contribution in [-0.4, -0.2) is 36.0 Å². The van der Waals surface area contributed by atoms with Crippen LogP contribution in [0, 0.1) is 5.82 Å². The van der Waals surface area contributed by atoms with Gasteiger partial charge in [-0.25, -0.2) is 9.37 Å². The molecule has 28 heavy (non-hydrogen) atoms. The minimum atomic E-state index is -0.302. The molecular weight excluding hydrogens is 385 g/mol. The Morgan fingerprint density at radius 1 is 1.21 bits per heavy atom. The molecule has 0 bridgehead atoms. The fourth-order valence-electron chi connectivity index (χ4n) is 3.15. The highest BCUT2D eigenvalue weighted by Crippen LogP contribution is 2.21. The number of hydrogen-bond donors (Lipinski definition) is 1. The molecule has 0 spiro atoms. The summed E-state index contributed by atoms with van der Waals surface area (Å²) in [7, 11) is 0. The molecule has 1 aliphatic heterocycles. The fourth-order valence-corrected chi connectivity index (χ4v) is 3.15. The highest BCUT2D eigenvalue weighted by Gasteiger charge is 2.17. The largest absolute Gasteiger partial charge is 0.337 e. The summed E-state index contributed by atoms with van der Waals surface area (Å²) >= 11 is 0. The van der Waals surface area contributed by atoms with Crippen molar-refractivity contribution < 1.29 is 8.91 Å². The van der Waals surface area contributed by atoms with Crippen molar-refractivity contribution in [2.45, 2.75) is 19.6 Å². The summed E-state index contributed by atoms with van der Waals surface area (Å²) in [5.41, 5.74) is 2.66. The van der Waals surface area contributed by atoms with Crippen LogP contribution in [0.5, 0.6) is 0 Å². The summed E-state index contributed by atoms with van der Waals surface area (Å²) < 4.78 is 22.3. The van der Waals surface area contributed by atoms with E-state index in [2.05, 4.69) is 25.5 Å². The Balaban J connectivity index is 0.00000192. The highest BCUT2D eigenvalue weighted by atomic mass is 35.5. The van der Waals surface area contributed by atoms with E-state index in [4.69, 9.17) is 4.52 Å². The fraction of sp³-hybridized carbons (Fsp3) is 0.222. The number of aromatic nitrogens is 6. The lowest BCUT2D eigenvalue weighted by Crippen LogP contribution is -2.28. The summed E-state index contributed by atoms with van der Waals surface area (Å²) in [4.78, 5) is 8.84. The van der Waals surface area contributed by atoms with Crippen molar-refractivity contribution in [1.29, 1.82) is 0 Å². The van der Waals surface area contributed by atoms with E-state index in [1.807, 2.05) is 21.5 Å². The molecule has 4 aromatic rings. The molecule has 5 rings (SSSR count). The molecule has 0 atom stereocenters. The lowest BCUT2D eigenvalue weighted by atomic mass is 10.2. The van der Waals surface area contributed by atoms with E-state index >= 15 is 0 Å². The normalized spacial score (nSPS) is 13.2. The molecular formula is C18H17ClFN7O. The first-order valence-electron chi connectivity index (χ1n) is 8.64. The zero-order valence-electron chi connectivity index (χ0n) is 14.7. The van der Waals surface area contributed by atoms with Gasteiger partial charge in [-0.2, -0.15) is 10.1 Å². The van der Waals surface area contributed by atoms with Crippen molar-refractivity contribution >= 4 is 12.4 Å². The Labute approximate surface area is 165 Å². The predicted octanol–water partition coefficient (Wildman–Crippen LogP) is 2.51. The van der Waals surface area contributed by atoms with Gasteiger partial charge in [-0.1, -0.05) is 5.16 Å². The number of halogens is 2. The zero-order chi connectivity index (χ0) is 18.2. The molecule has 0 unspecified atom stereocenters. The Bertz CT molecular complexity index is 1060. The first-order valence-corrected chi connectivity index (χ1v) is 8.64. The summed E-state index contributed by atoms with van der Waals surface area (Å²) in [5.74, 6) is 1.32. The number of nitrogens with zero attached hydrogens (tertiary/aromatic N) is 6. The number of imidazole rings is 1. The Hall–Kier alpha value is -3.04. The van der Waals surface area contributed by atoms with Gasteiger partial charge < -0.3 is 14.4 Å². The number of rotatable bonds is 4. The van der Waals surface area contributed by atoms with Crippen LogP contribution in [0.1, 0.15) is 11.6 Å². The topological polar surface area (TPSA) is 86.6 Å². The summed E-state index contributed by atoms with van der Waals surface area (Å²) in [6, 6.07) is 8.03. The summed E-state index contributed by atoms with van der Waals surface area (Å²) in [6.07, 6.45) is 3.58. The molecule has 0 saturated carbocycles. The van der Waals surface area contributed by atoms with Gasteiger partial charge in [0.1, 0.15) is 18.1 Å². The maximum atomic E-state index is 13.1. The predicted molar refractivity (Wildman–Crippen MR) is 101 cm³/mol. The van der Waals surface area contributed by atoms with Crippen molar-refractivity contribution in [2.75, 3.05) is 6.54 Å². The average molecular weight is 402 g/mol. The molecule has 1 N–H and O–H groups in total. The lowest BCUT2D eigenvalue weighted by Gasteiger charge is -2.13. The van der Waals surface area contributed by atoms with Gasteiger partial charge in [-0.05, 0) is 30.3 Å². The van der Waals surface area contributed by atoms with Gasteiger partial charge in [-0.15, -0.1) is 12.4 Å².